The quantitative estimate of drug-likeness (QED) is 0.233. The maximum Gasteiger partial charge on any atom is 0.312 e. The zero-order valence-corrected chi connectivity index (χ0v) is 26.3. The minimum Gasteiger partial charge on any atom is -0.497 e. The molecule has 1 saturated carbocycles. The highest BCUT2D eigenvalue weighted by atomic mass is 16.8. The van der Waals surface area contributed by atoms with Crippen LogP contribution < -0.4 is 18.9 Å². The van der Waals surface area contributed by atoms with Crippen LogP contribution in [0.5, 0.6) is 23.0 Å². The van der Waals surface area contributed by atoms with E-state index in [2.05, 4.69) is 0 Å². The number of fused-ring (bicyclic) bond motifs is 3. The molecule has 1 aliphatic carbocycles. The third kappa shape index (κ3) is 5.10. The van der Waals surface area contributed by atoms with Crippen molar-refractivity contribution < 1.29 is 63.1 Å². The average Bonchev–Trinajstić information content (AvgIpc) is 3.49. The van der Waals surface area contributed by atoms with Gasteiger partial charge in [0.1, 0.15) is 41.3 Å². The third-order valence-corrected chi connectivity index (χ3v) is 9.25. The van der Waals surface area contributed by atoms with Crippen molar-refractivity contribution in [1.82, 2.24) is 0 Å². The van der Waals surface area contributed by atoms with E-state index in [1.54, 1.807) is 48.5 Å². The summed E-state index contributed by atoms with van der Waals surface area (Å²) in [5.74, 6) is -2.05. The van der Waals surface area contributed by atoms with Gasteiger partial charge in [-0.15, -0.1) is 0 Å². The van der Waals surface area contributed by atoms with Crippen molar-refractivity contribution in [2.24, 2.45) is 5.92 Å². The Bertz CT molecular complexity index is 1570. The first-order valence-electron chi connectivity index (χ1n) is 15.0. The number of methoxy groups -OCH3 is 4. The average molecular weight is 655 g/mol. The molecule has 47 heavy (non-hydrogen) atoms. The molecule has 3 aromatic carbocycles. The van der Waals surface area contributed by atoms with E-state index in [4.69, 9.17) is 37.9 Å². The van der Waals surface area contributed by atoms with Crippen molar-refractivity contribution in [2.45, 2.75) is 48.0 Å². The first kappa shape index (κ1) is 33.0. The van der Waals surface area contributed by atoms with Crippen LogP contribution in [0.1, 0.15) is 22.6 Å². The summed E-state index contributed by atoms with van der Waals surface area (Å²) in [7, 11) is 5.54. The van der Waals surface area contributed by atoms with Gasteiger partial charge in [0.05, 0.1) is 46.0 Å². The molecule has 0 radical (unpaired) electrons. The topological polar surface area (TPSA) is 172 Å². The lowest BCUT2D eigenvalue weighted by molar-refractivity contribution is -0.324. The summed E-state index contributed by atoms with van der Waals surface area (Å²) in [6.45, 7) is -0.601. The first-order valence-corrected chi connectivity index (χ1v) is 15.0. The van der Waals surface area contributed by atoms with Crippen molar-refractivity contribution in [3.63, 3.8) is 0 Å². The van der Waals surface area contributed by atoms with Gasteiger partial charge < -0.3 is 58.3 Å². The summed E-state index contributed by atoms with van der Waals surface area (Å²) in [4.78, 5) is 13.5. The third-order valence-electron chi connectivity index (χ3n) is 9.25. The van der Waals surface area contributed by atoms with E-state index < -0.39 is 66.5 Å². The molecule has 4 N–H and O–H groups in total. The van der Waals surface area contributed by atoms with Gasteiger partial charge >= 0.3 is 5.97 Å². The predicted octanol–water partition coefficient (Wildman–Crippen LogP) is 1.57. The van der Waals surface area contributed by atoms with Gasteiger partial charge in [0.2, 0.25) is 6.29 Å². The highest BCUT2D eigenvalue weighted by Crippen LogP contribution is 2.70. The molecular formula is C34H38O13. The highest BCUT2D eigenvalue weighted by molar-refractivity contribution is 5.78. The van der Waals surface area contributed by atoms with E-state index in [1.165, 1.54) is 40.6 Å². The van der Waals surface area contributed by atoms with Crippen LogP contribution in [0.3, 0.4) is 0 Å². The zero-order valence-electron chi connectivity index (χ0n) is 26.3. The number of hydrogen-bond acceptors (Lipinski definition) is 13. The lowest BCUT2D eigenvalue weighted by Crippen LogP contribution is -2.52. The van der Waals surface area contributed by atoms with Crippen LogP contribution in [-0.2, 0) is 34.9 Å². The molecule has 9 atom stereocenters. The van der Waals surface area contributed by atoms with Crippen LogP contribution in [0.4, 0.5) is 0 Å². The molecule has 0 amide bonds. The number of aliphatic hydroxyl groups excluding tert-OH is 3. The lowest BCUT2D eigenvalue weighted by Gasteiger charge is -2.40. The molecule has 0 unspecified atom stereocenters. The van der Waals surface area contributed by atoms with Gasteiger partial charge in [-0.05, 0) is 23.3 Å². The van der Waals surface area contributed by atoms with E-state index in [0.717, 1.165) is 0 Å². The monoisotopic (exact) mass is 654 g/mol. The molecule has 2 aliphatic heterocycles. The Balaban J connectivity index is 1.52. The fraction of sp³-hybridized carbons (Fsp3) is 0.441. The smallest absolute Gasteiger partial charge is 0.312 e. The molecule has 13 nitrogen and oxygen atoms in total. The maximum atomic E-state index is 13.5. The van der Waals surface area contributed by atoms with Crippen LogP contribution in [0.25, 0.3) is 0 Å². The van der Waals surface area contributed by atoms with Crippen LogP contribution in [0.2, 0.25) is 0 Å². The molecule has 0 spiro atoms. The highest BCUT2D eigenvalue weighted by Gasteiger charge is 2.78. The molecule has 2 heterocycles. The number of hydrogen-bond donors (Lipinski definition) is 4. The molecular weight excluding hydrogens is 616 g/mol. The predicted molar refractivity (Wildman–Crippen MR) is 162 cm³/mol. The number of carbonyl (C=O) groups excluding carboxylic acids is 1. The van der Waals surface area contributed by atoms with Gasteiger partial charge in [0.25, 0.3) is 6.29 Å². The van der Waals surface area contributed by atoms with E-state index in [-0.39, 0.29) is 29.4 Å². The number of ether oxygens (including phenoxy) is 8. The molecule has 1 saturated heterocycles. The Morgan fingerprint density at radius 1 is 0.979 bits per heavy atom. The van der Waals surface area contributed by atoms with E-state index in [9.17, 15) is 25.2 Å². The van der Waals surface area contributed by atoms with Crippen LogP contribution in [0, 0.1) is 5.92 Å². The van der Waals surface area contributed by atoms with E-state index >= 15 is 0 Å². The van der Waals surface area contributed by atoms with Crippen molar-refractivity contribution in [3.8, 4) is 23.0 Å². The number of carbonyl (C=O) groups is 1. The largest absolute Gasteiger partial charge is 0.497 e. The number of esters is 1. The van der Waals surface area contributed by atoms with Gasteiger partial charge in [0, 0.05) is 25.2 Å². The number of benzene rings is 3. The SMILES string of the molecule is COC(=O)[C@H]1[C@@H](O)[C@@]2(O)c3c(OC)cc(O[C@H]4O[C@@H]([C@@H](O)CO)CO[C@H]4OC)cc3O[C@@]2(c2ccc(OC)cc2)[C@@H]1c1ccccc1. The fourth-order valence-electron chi connectivity index (χ4n) is 7.11. The second-order valence-corrected chi connectivity index (χ2v) is 11.6. The summed E-state index contributed by atoms with van der Waals surface area (Å²) < 4.78 is 46.2. The van der Waals surface area contributed by atoms with Gasteiger partial charge in [-0.3, -0.25) is 4.79 Å². The van der Waals surface area contributed by atoms with Crippen molar-refractivity contribution in [2.75, 3.05) is 41.7 Å². The van der Waals surface area contributed by atoms with Crippen molar-refractivity contribution >= 4 is 5.97 Å². The van der Waals surface area contributed by atoms with Crippen LogP contribution >= 0.6 is 0 Å². The van der Waals surface area contributed by atoms with E-state index in [1.807, 2.05) is 6.07 Å². The van der Waals surface area contributed by atoms with Gasteiger partial charge in [-0.25, -0.2) is 0 Å². The molecule has 3 aliphatic rings. The summed E-state index contributed by atoms with van der Waals surface area (Å²) >= 11 is 0. The maximum absolute atomic E-state index is 13.5. The minimum absolute atomic E-state index is 0.0474. The van der Waals surface area contributed by atoms with Crippen LogP contribution in [0.15, 0.2) is 66.7 Å². The van der Waals surface area contributed by atoms with E-state index in [0.29, 0.717) is 16.9 Å². The number of rotatable bonds is 10. The summed E-state index contributed by atoms with van der Waals surface area (Å²) in [6, 6.07) is 18.8. The lowest BCUT2D eigenvalue weighted by atomic mass is 9.70. The molecule has 13 heteroatoms. The van der Waals surface area contributed by atoms with Crippen molar-refractivity contribution in [1.29, 1.82) is 0 Å². The second kappa shape index (κ2) is 12.9. The normalized spacial score (nSPS) is 31.7. The molecule has 252 valence electrons. The van der Waals surface area contributed by atoms with Crippen molar-refractivity contribution in [3.05, 3.63) is 83.4 Å². The van der Waals surface area contributed by atoms with Crippen LogP contribution in [-0.4, -0.2) is 98.9 Å². The minimum atomic E-state index is -2.25. The molecule has 0 aromatic heterocycles. The van der Waals surface area contributed by atoms with Gasteiger partial charge in [0.15, 0.2) is 11.2 Å². The first-order chi connectivity index (χ1) is 22.7. The fourth-order valence-corrected chi connectivity index (χ4v) is 7.11. The Kier molecular flexibility index (Phi) is 9.06. The molecule has 0 bridgehead atoms. The summed E-state index contributed by atoms with van der Waals surface area (Å²) in [6.07, 6.45) is -6.03. The zero-order chi connectivity index (χ0) is 33.5. The molecule has 3 aromatic rings. The number of aliphatic hydroxyl groups is 4. The molecule has 2 fully saturated rings. The van der Waals surface area contributed by atoms with Gasteiger partial charge in [-0.2, -0.15) is 0 Å². The Labute approximate surface area is 271 Å². The Morgan fingerprint density at radius 3 is 2.32 bits per heavy atom. The van der Waals surface area contributed by atoms with Gasteiger partial charge in [-0.1, -0.05) is 42.5 Å². The summed E-state index contributed by atoms with van der Waals surface area (Å²) in [5, 5.41) is 44.7. The molecule has 6 rings (SSSR count). The standard InChI is InChI=1S/C34H38O13/c1-40-20-12-10-19(11-13-20)34-27(18-8-6-5-7-9-18)26(30(38)42-3)29(37)33(34,39)28-23(41-2)14-21(15-24(28)47-34)45-32-31(43-4)44-17-25(46-32)22(36)16-35/h5-15,22,25-27,29,31-32,35-37,39H,16-17H2,1-4H3/t22-,25+,26+,27+,29+,31+,32-,33-,34-/m0/s1. The Hall–Kier alpha value is -3.95. The Morgan fingerprint density at radius 2 is 1.70 bits per heavy atom. The second-order valence-electron chi connectivity index (χ2n) is 11.6. The summed E-state index contributed by atoms with van der Waals surface area (Å²) in [5.41, 5.74) is -2.88.